The van der Waals surface area contributed by atoms with Gasteiger partial charge in [-0.1, -0.05) is 0 Å². The molecule has 0 radical (unpaired) electrons. The molecule has 0 saturated carbocycles. The van der Waals surface area contributed by atoms with Gasteiger partial charge in [0.2, 0.25) is 0 Å². The molecule has 1 fully saturated rings. The highest BCUT2D eigenvalue weighted by Crippen LogP contribution is 2.03. The number of piperazine rings is 1. The van der Waals surface area contributed by atoms with Gasteiger partial charge in [0.25, 0.3) is 0 Å². The number of nitrogens with zero attached hydrogens (tertiary/aromatic N) is 2. The third-order valence-electron chi connectivity index (χ3n) is 2.47. The van der Waals surface area contributed by atoms with Gasteiger partial charge in [0.05, 0.1) is 0 Å². The highest BCUT2D eigenvalue weighted by Gasteiger charge is 2.21. The van der Waals surface area contributed by atoms with Gasteiger partial charge in [0.1, 0.15) is 0 Å². The summed E-state index contributed by atoms with van der Waals surface area (Å²) in [6.45, 7) is 9.36. The van der Waals surface area contributed by atoms with Crippen molar-refractivity contribution >= 4 is 0 Å². The number of likely N-dealkylation sites (N-methyl/N-ethyl adjacent to an activating group) is 1. The van der Waals surface area contributed by atoms with Crippen LogP contribution in [0.15, 0.2) is 0 Å². The molecule has 1 heterocycles. The molecule has 0 spiro atoms. The Morgan fingerprint density at radius 3 is 2.23 bits per heavy atom. The Bertz CT molecular complexity index is 150. The van der Waals surface area contributed by atoms with Crippen molar-refractivity contribution in [2.24, 2.45) is 5.73 Å². The number of nitrogens with one attached hydrogen (secondary N) is 1. The van der Waals surface area contributed by atoms with Crippen LogP contribution in [0.1, 0.15) is 13.8 Å². The van der Waals surface area contributed by atoms with E-state index in [1.807, 2.05) is 0 Å². The van der Waals surface area contributed by atoms with Gasteiger partial charge in [-0.2, -0.15) is 0 Å². The van der Waals surface area contributed by atoms with E-state index >= 15 is 0 Å². The lowest BCUT2D eigenvalue weighted by Gasteiger charge is -2.38. The average molecular weight is 186 g/mol. The fourth-order valence-corrected chi connectivity index (χ4v) is 1.39. The van der Waals surface area contributed by atoms with Crippen molar-refractivity contribution in [1.82, 2.24) is 15.3 Å². The molecular weight excluding hydrogens is 164 g/mol. The van der Waals surface area contributed by atoms with Crippen LogP contribution in [0.25, 0.3) is 0 Å². The molecule has 13 heavy (non-hydrogen) atoms. The molecule has 4 nitrogen and oxygen atoms in total. The van der Waals surface area contributed by atoms with Gasteiger partial charge >= 0.3 is 0 Å². The van der Waals surface area contributed by atoms with Crippen LogP contribution in [-0.4, -0.2) is 55.2 Å². The first-order valence-electron chi connectivity index (χ1n) is 4.95. The zero-order valence-corrected chi connectivity index (χ0v) is 9.01. The monoisotopic (exact) mass is 186 g/mol. The van der Waals surface area contributed by atoms with Crippen molar-refractivity contribution in [3.8, 4) is 0 Å². The van der Waals surface area contributed by atoms with Gasteiger partial charge < -0.3 is 10.6 Å². The zero-order valence-electron chi connectivity index (χ0n) is 9.01. The van der Waals surface area contributed by atoms with E-state index in [-0.39, 0.29) is 5.54 Å². The predicted octanol–water partition coefficient (Wildman–Crippen LogP) is -0.524. The van der Waals surface area contributed by atoms with Gasteiger partial charge in [-0.25, -0.2) is 10.4 Å². The summed E-state index contributed by atoms with van der Waals surface area (Å²) < 4.78 is 0. The molecule has 0 aromatic carbocycles. The first kappa shape index (κ1) is 10.9. The second-order valence-corrected chi connectivity index (χ2v) is 4.49. The van der Waals surface area contributed by atoms with E-state index in [1.54, 1.807) is 0 Å². The molecule has 0 aromatic rings. The Hall–Kier alpha value is -0.160. The lowest BCUT2D eigenvalue weighted by atomic mass is 10.1. The van der Waals surface area contributed by atoms with Crippen molar-refractivity contribution in [1.29, 1.82) is 0 Å². The second-order valence-electron chi connectivity index (χ2n) is 4.49. The largest absolute Gasteiger partial charge is 0.329 e. The highest BCUT2D eigenvalue weighted by atomic mass is 15.5. The summed E-state index contributed by atoms with van der Waals surface area (Å²) in [4.78, 5) is 2.34. The van der Waals surface area contributed by atoms with Crippen LogP contribution in [0.2, 0.25) is 0 Å². The summed E-state index contributed by atoms with van der Waals surface area (Å²) in [6, 6.07) is 0. The molecule has 3 N–H and O–H groups in total. The standard InChI is InChI=1S/C9H22N4/c1-9(2,8-10)11-13-6-4-12(3)5-7-13/h11H,4-8,10H2,1-3H3. The maximum Gasteiger partial charge on any atom is 0.0391 e. The molecular formula is C9H22N4. The Labute approximate surface area is 81.0 Å². The van der Waals surface area contributed by atoms with E-state index in [2.05, 4.69) is 36.2 Å². The molecule has 1 aliphatic rings. The van der Waals surface area contributed by atoms with Crippen LogP contribution in [0, 0.1) is 0 Å². The van der Waals surface area contributed by atoms with E-state index in [0.717, 1.165) is 26.2 Å². The number of hydrazine groups is 1. The van der Waals surface area contributed by atoms with Crippen molar-refractivity contribution in [2.45, 2.75) is 19.4 Å². The van der Waals surface area contributed by atoms with Crippen molar-refractivity contribution in [3.05, 3.63) is 0 Å². The second kappa shape index (κ2) is 4.37. The lowest BCUT2D eigenvalue weighted by Crippen LogP contribution is -2.59. The summed E-state index contributed by atoms with van der Waals surface area (Å²) in [7, 11) is 2.16. The molecule has 78 valence electrons. The Morgan fingerprint density at radius 1 is 1.23 bits per heavy atom. The van der Waals surface area contributed by atoms with Crippen LogP contribution in [0.4, 0.5) is 0 Å². The molecule has 0 amide bonds. The van der Waals surface area contributed by atoms with Crippen LogP contribution in [0.3, 0.4) is 0 Å². The van der Waals surface area contributed by atoms with Crippen LogP contribution in [0.5, 0.6) is 0 Å². The summed E-state index contributed by atoms with van der Waals surface area (Å²) in [6.07, 6.45) is 0. The highest BCUT2D eigenvalue weighted by molar-refractivity contribution is 4.78. The van der Waals surface area contributed by atoms with Gasteiger partial charge in [-0.3, -0.25) is 0 Å². The minimum absolute atomic E-state index is 0.0237. The molecule has 4 heteroatoms. The van der Waals surface area contributed by atoms with Gasteiger partial charge in [-0.15, -0.1) is 0 Å². The fourth-order valence-electron chi connectivity index (χ4n) is 1.39. The van der Waals surface area contributed by atoms with E-state index in [0.29, 0.717) is 6.54 Å². The van der Waals surface area contributed by atoms with Crippen molar-refractivity contribution in [3.63, 3.8) is 0 Å². The fraction of sp³-hybridized carbons (Fsp3) is 1.00. The Kier molecular flexibility index (Phi) is 3.67. The number of hydrogen-bond donors (Lipinski definition) is 2. The number of rotatable bonds is 3. The average Bonchev–Trinajstić information content (AvgIpc) is 2.09. The summed E-state index contributed by atoms with van der Waals surface area (Å²) in [5.74, 6) is 0. The third-order valence-corrected chi connectivity index (χ3v) is 2.47. The normalized spacial score (nSPS) is 22.2. The van der Waals surface area contributed by atoms with Gasteiger partial charge in [0, 0.05) is 38.3 Å². The lowest BCUT2D eigenvalue weighted by molar-refractivity contribution is 0.0664. The quantitative estimate of drug-likeness (QED) is 0.622. The first-order valence-corrected chi connectivity index (χ1v) is 4.95. The molecule has 0 bridgehead atoms. The molecule has 0 aliphatic carbocycles. The van der Waals surface area contributed by atoms with E-state index in [9.17, 15) is 0 Å². The molecule has 0 atom stereocenters. The minimum Gasteiger partial charge on any atom is -0.329 e. The predicted molar refractivity (Wildman–Crippen MR) is 55.3 cm³/mol. The zero-order chi connectivity index (χ0) is 9.90. The molecule has 0 unspecified atom stereocenters. The van der Waals surface area contributed by atoms with E-state index in [4.69, 9.17) is 5.73 Å². The first-order chi connectivity index (χ1) is 6.03. The third kappa shape index (κ3) is 3.60. The topological polar surface area (TPSA) is 44.5 Å². The smallest absolute Gasteiger partial charge is 0.0391 e. The molecule has 1 aliphatic heterocycles. The van der Waals surface area contributed by atoms with Crippen LogP contribution in [-0.2, 0) is 0 Å². The molecule has 0 aromatic heterocycles. The minimum atomic E-state index is 0.0237. The Balaban J connectivity index is 2.30. The SMILES string of the molecule is CN1CCN(NC(C)(C)CN)CC1. The van der Waals surface area contributed by atoms with Gasteiger partial charge in [-0.05, 0) is 20.9 Å². The van der Waals surface area contributed by atoms with E-state index < -0.39 is 0 Å². The Morgan fingerprint density at radius 2 is 1.77 bits per heavy atom. The number of hydrogen-bond acceptors (Lipinski definition) is 4. The number of nitrogens with two attached hydrogens (primary N) is 1. The van der Waals surface area contributed by atoms with E-state index in [1.165, 1.54) is 0 Å². The summed E-state index contributed by atoms with van der Waals surface area (Å²) in [5.41, 5.74) is 9.12. The van der Waals surface area contributed by atoms with Gasteiger partial charge in [0.15, 0.2) is 0 Å². The van der Waals surface area contributed by atoms with Crippen molar-refractivity contribution in [2.75, 3.05) is 39.8 Å². The summed E-state index contributed by atoms with van der Waals surface area (Å²) >= 11 is 0. The molecule has 1 rings (SSSR count). The van der Waals surface area contributed by atoms with Crippen LogP contribution < -0.4 is 11.2 Å². The molecule has 1 saturated heterocycles. The summed E-state index contributed by atoms with van der Waals surface area (Å²) in [5, 5.41) is 2.27. The maximum absolute atomic E-state index is 5.65. The van der Waals surface area contributed by atoms with Crippen molar-refractivity contribution < 1.29 is 0 Å². The van der Waals surface area contributed by atoms with Crippen LogP contribution >= 0.6 is 0 Å². The maximum atomic E-state index is 5.65.